The van der Waals surface area contributed by atoms with Crippen LogP contribution in [0.5, 0.6) is 0 Å². The minimum Gasteiger partial charge on any atom is -0.352 e. The van der Waals surface area contributed by atoms with Crippen molar-refractivity contribution in [1.82, 2.24) is 15.5 Å². The number of amides is 1. The van der Waals surface area contributed by atoms with Crippen LogP contribution in [0.15, 0.2) is 0 Å². The molecule has 0 radical (unpaired) electrons. The van der Waals surface area contributed by atoms with Crippen molar-refractivity contribution in [3.05, 3.63) is 0 Å². The molecule has 2 aliphatic heterocycles. The number of hydrogen-bond acceptors (Lipinski definition) is 3. The summed E-state index contributed by atoms with van der Waals surface area (Å²) in [6, 6.07) is 0.459. The van der Waals surface area contributed by atoms with E-state index in [0.717, 1.165) is 38.9 Å². The second kappa shape index (κ2) is 5.64. The number of likely N-dealkylation sites (tertiary alicyclic amines) is 1. The Morgan fingerprint density at radius 2 is 2.00 bits per heavy atom. The Bertz CT molecular complexity index is 230. The van der Waals surface area contributed by atoms with Crippen molar-refractivity contribution in [1.29, 1.82) is 0 Å². The molecular formula is C12H23N3O. The van der Waals surface area contributed by atoms with Crippen LogP contribution >= 0.6 is 0 Å². The molecule has 16 heavy (non-hydrogen) atoms. The van der Waals surface area contributed by atoms with Crippen molar-refractivity contribution in [2.45, 2.75) is 44.2 Å². The summed E-state index contributed by atoms with van der Waals surface area (Å²) in [6.07, 6.45) is 5.57. The first kappa shape index (κ1) is 11.9. The van der Waals surface area contributed by atoms with Crippen LogP contribution in [0.3, 0.4) is 0 Å². The number of nitrogens with one attached hydrogen (secondary N) is 2. The molecular weight excluding hydrogens is 202 g/mol. The van der Waals surface area contributed by atoms with Gasteiger partial charge in [0.05, 0.1) is 6.04 Å². The van der Waals surface area contributed by atoms with Gasteiger partial charge >= 0.3 is 0 Å². The van der Waals surface area contributed by atoms with E-state index in [-0.39, 0.29) is 11.9 Å². The van der Waals surface area contributed by atoms with Gasteiger partial charge in [-0.05, 0) is 52.4 Å². The molecule has 2 aliphatic rings. The lowest BCUT2D eigenvalue weighted by Crippen LogP contribution is -2.51. The Kier molecular flexibility index (Phi) is 4.18. The minimum atomic E-state index is 0.0633. The predicted molar refractivity (Wildman–Crippen MR) is 64.3 cm³/mol. The lowest BCUT2D eigenvalue weighted by Gasteiger charge is -2.31. The van der Waals surface area contributed by atoms with Gasteiger partial charge in [-0.1, -0.05) is 6.42 Å². The Hall–Kier alpha value is -0.610. The summed E-state index contributed by atoms with van der Waals surface area (Å²) >= 11 is 0. The van der Waals surface area contributed by atoms with Gasteiger partial charge in [-0.2, -0.15) is 0 Å². The van der Waals surface area contributed by atoms with Crippen LogP contribution < -0.4 is 10.6 Å². The molecule has 1 atom stereocenters. The van der Waals surface area contributed by atoms with Gasteiger partial charge in [-0.3, -0.25) is 4.79 Å². The van der Waals surface area contributed by atoms with Crippen LogP contribution in [0.25, 0.3) is 0 Å². The zero-order valence-electron chi connectivity index (χ0n) is 10.2. The van der Waals surface area contributed by atoms with Crippen molar-refractivity contribution < 1.29 is 4.79 Å². The van der Waals surface area contributed by atoms with Gasteiger partial charge in [0.25, 0.3) is 0 Å². The van der Waals surface area contributed by atoms with Crippen molar-refractivity contribution >= 4 is 5.91 Å². The molecule has 0 saturated carbocycles. The summed E-state index contributed by atoms with van der Waals surface area (Å²) in [7, 11) is 2.14. The summed E-state index contributed by atoms with van der Waals surface area (Å²) in [6.45, 7) is 3.19. The molecule has 1 unspecified atom stereocenters. The van der Waals surface area contributed by atoms with E-state index < -0.39 is 0 Å². The van der Waals surface area contributed by atoms with Gasteiger partial charge in [0.2, 0.25) is 5.91 Å². The Balaban J connectivity index is 1.73. The molecule has 4 nitrogen and oxygen atoms in total. The maximum Gasteiger partial charge on any atom is 0.237 e. The number of carbonyl (C=O) groups excluding carboxylic acids is 1. The molecule has 0 aromatic heterocycles. The number of hydrogen-bond donors (Lipinski definition) is 2. The van der Waals surface area contributed by atoms with E-state index in [1.807, 2.05) is 0 Å². The van der Waals surface area contributed by atoms with E-state index in [1.165, 1.54) is 12.8 Å². The van der Waals surface area contributed by atoms with E-state index >= 15 is 0 Å². The highest BCUT2D eigenvalue weighted by molar-refractivity contribution is 5.82. The first-order chi connectivity index (χ1) is 7.75. The molecule has 4 heteroatoms. The van der Waals surface area contributed by atoms with Gasteiger partial charge in [0, 0.05) is 6.04 Å². The van der Waals surface area contributed by atoms with E-state index in [2.05, 4.69) is 22.6 Å². The van der Waals surface area contributed by atoms with E-state index in [1.54, 1.807) is 0 Å². The summed E-state index contributed by atoms with van der Waals surface area (Å²) in [4.78, 5) is 14.3. The smallest absolute Gasteiger partial charge is 0.237 e. The van der Waals surface area contributed by atoms with Gasteiger partial charge in [-0.15, -0.1) is 0 Å². The zero-order chi connectivity index (χ0) is 11.4. The highest BCUT2D eigenvalue weighted by Gasteiger charge is 2.24. The number of rotatable bonds is 2. The monoisotopic (exact) mass is 225 g/mol. The Morgan fingerprint density at radius 1 is 1.25 bits per heavy atom. The largest absolute Gasteiger partial charge is 0.352 e. The maximum atomic E-state index is 12.0. The Morgan fingerprint density at radius 3 is 2.62 bits per heavy atom. The quantitative estimate of drug-likeness (QED) is 0.712. The molecule has 2 rings (SSSR count). The molecule has 1 amide bonds. The number of nitrogens with zero attached hydrogens (tertiary/aromatic N) is 1. The fourth-order valence-electron chi connectivity index (χ4n) is 2.53. The van der Waals surface area contributed by atoms with Crippen LogP contribution in [0.2, 0.25) is 0 Å². The van der Waals surface area contributed by atoms with Crippen LogP contribution in [-0.2, 0) is 4.79 Å². The number of carbonyl (C=O) groups is 1. The van der Waals surface area contributed by atoms with Crippen LogP contribution in [-0.4, -0.2) is 49.6 Å². The molecule has 0 spiro atoms. The highest BCUT2D eigenvalue weighted by atomic mass is 16.2. The molecule has 92 valence electrons. The van der Waals surface area contributed by atoms with E-state index in [4.69, 9.17) is 0 Å². The third kappa shape index (κ3) is 3.19. The van der Waals surface area contributed by atoms with Gasteiger partial charge in [0.1, 0.15) is 0 Å². The van der Waals surface area contributed by atoms with Crippen LogP contribution in [0.1, 0.15) is 32.1 Å². The van der Waals surface area contributed by atoms with Gasteiger partial charge < -0.3 is 15.5 Å². The Labute approximate surface area is 97.8 Å². The summed E-state index contributed by atoms with van der Waals surface area (Å²) in [5, 5.41) is 6.48. The fourth-order valence-corrected chi connectivity index (χ4v) is 2.53. The fraction of sp³-hybridized carbons (Fsp3) is 0.917. The van der Waals surface area contributed by atoms with Crippen LogP contribution in [0.4, 0.5) is 0 Å². The molecule has 2 heterocycles. The highest BCUT2D eigenvalue weighted by Crippen LogP contribution is 2.11. The van der Waals surface area contributed by atoms with Gasteiger partial charge in [0.15, 0.2) is 0 Å². The summed E-state index contributed by atoms with van der Waals surface area (Å²) in [5.74, 6) is 0.217. The topological polar surface area (TPSA) is 44.4 Å². The maximum absolute atomic E-state index is 12.0. The third-order valence-corrected chi connectivity index (χ3v) is 3.69. The average molecular weight is 225 g/mol. The molecule has 0 aliphatic carbocycles. The second-order valence-corrected chi connectivity index (χ2v) is 5.09. The SMILES string of the molecule is CN1CCC(NC(=O)C2CCCCN2)CC1. The molecule has 2 N–H and O–H groups in total. The van der Waals surface area contributed by atoms with Crippen molar-refractivity contribution in [2.75, 3.05) is 26.7 Å². The molecule has 0 bridgehead atoms. The molecule has 2 fully saturated rings. The molecule has 0 aromatic carbocycles. The molecule has 2 saturated heterocycles. The van der Waals surface area contributed by atoms with Crippen LogP contribution in [0, 0.1) is 0 Å². The van der Waals surface area contributed by atoms with Crippen molar-refractivity contribution in [2.24, 2.45) is 0 Å². The molecule has 0 aromatic rings. The predicted octanol–water partition coefficient (Wildman–Crippen LogP) is 0.339. The lowest BCUT2D eigenvalue weighted by atomic mass is 10.0. The summed E-state index contributed by atoms with van der Waals surface area (Å²) < 4.78 is 0. The average Bonchev–Trinajstić information content (AvgIpc) is 2.33. The van der Waals surface area contributed by atoms with E-state index in [9.17, 15) is 4.79 Å². The van der Waals surface area contributed by atoms with Gasteiger partial charge in [-0.25, -0.2) is 0 Å². The zero-order valence-corrected chi connectivity index (χ0v) is 10.2. The normalized spacial score (nSPS) is 28.9. The van der Waals surface area contributed by atoms with Crippen molar-refractivity contribution in [3.8, 4) is 0 Å². The van der Waals surface area contributed by atoms with E-state index in [0.29, 0.717) is 6.04 Å². The van der Waals surface area contributed by atoms with Crippen molar-refractivity contribution in [3.63, 3.8) is 0 Å². The number of piperidine rings is 2. The third-order valence-electron chi connectivity index (χ3n) is 3.69. The first-order valence-electron chi connectivity index (χ1n) is 6.48. The minimum absolute atomic E-state index is 0.0633. The first-order valence-corrected chi connectivity index (χ1v) is 6.48. The second-order valence-electron chi connectivity index (χ2n) is 5.09. The standard InChI is InChI=1S/C12H23N3O/c1-15-8-5-10(6-9-15)14-12(16)11-4-2-3-7-13-11/h10-11,13H,2-9H2,1H3,(H,14,16). The summed E-state index contributed by atoms with van der Waals surface area (Å²) in [5.41, 5.74) is 0. The lowest BCUT2D eigenvalue weighted by molar-refractivity contribution is -0.124.